The van der Waals surface area contributed by atoms with Gasteiger partial charge in [0.25, 0.3) is 0 Å². The van der Waals surface area contributed by atoms with Crippen molar-refractivity contribution in [2.45, 2.75) is 32.2 Å². The van der Waals surface area contributed by atoms with Gasteiger partial charge in [0.2, 0.25) is 0 Å². The summed E-state index contributed by atoms with van der Waals surface area (Å²) in [6.45, 7) is 2.05. The third kappa shape index (κ3) is 6.61. The molecule has 39 heavy (non-hydrogen) atoms. The van der Waals surface area contributed by atoms with Crippen LogP contribution in [0.5, 0.6) is 5.75 Å². The summed E-state index contributed by atoms with van der Waals surface area (Å²) in [5.41, 5.74) is 7.80. The second-order valence-corrected chi connectivity index (χ2v) is 10.8. The van der Waals surface area contributed by atoms with Crippen molar-refractivity contribution in [2.75, 3.05) is 18.9 Å². The average Bonchev–Trinajstić information content (AvgIpc) is 3.59. The Kier molecular flexibility index (Phi) is 8.18. The van der Waals surface area contributed by atoms with E-state index < -0.39 is 19.8 Å². The Labute approximate surface area is 225 Å². The number of para-hydroxylation sites is 1. The molecule has 1 fully saturated rings. The van der Waals surface area contributed by atoms with Gasteiger partial charge in [0, 0.05) is 5.92 Å². The molecule has 1 aliphatic rings. The van der Waals surface area contributed by atoms with Crippen LogP contribution in [0.1, 0.15) is 25.1 Å². The van der Waals surface area contributed by atoms with Crippen molar-refractivity contribution in [1.82, 2.24) is 24.6 Å². The first-order valence-corrected chi connectivity index (χ1v) is 14.0. The maximum Gasteiger partial charge on any atom is 0.459 e. The quantitative estimate of drug-likeness (QED) is 0.206. The van der Waals surface area contributed by atoms with Crippen LogP contribution in [0.15, 0.2) is 73.3 Å². The SMILES string of the molecule is C[C@H](NP(=O)(OC[C@H]1CO[C@@H](n2cnc3c(N)ncnc32)C1)Oc1ccccc1)C(=O)OCc1ccccc1. The third-order valence-electron chi connectivity index (χ3n) is 6.13. The largest absolute Gasteiger partial charge is 0.460 e. The number of carbonyl (C=O) groups excluding carboxylic acids is 1. The summed E-state index contributed by atoms with van der Waals surface area (Å²) < 4.78 is 38.5. The van der Waals surface area contributed by atoms with Crippen molar-refractivity contribution >= 4 is 30.7 Å². The number of aromatic nitrogens is 4. The van der Waals surface area contributed by atoms with Gasteiger partial charge in [0.05, 0.1) is 19.5 Å². The van der Waals surface area contributed by atoms with Gasteiger partial charge in [-0.15, -0.1) is 0 Å². The summed E-state index contributed by atoms with van der Waals surface area (Å²) in [6, 6.07) is 17.0. The molecule has 1 aliphatic heterocycles. The normalized spacial score (nSPS) is 19.4. The van der Waals surface area contributed by atoms with Crippen LogP contribution in [0.3, 0.4) is 0 Å². The first-order valence-electron chi connectivity index (χ1n) is 12.4. The van der Waals surface area contributed by atoms with Crippen LogP contribution in [0.25, 0.3) is 11.2 Å². The number of fused-ring (bicyclic) bond motifs is 1. The number of hydrogen-bond acceptors (Lipinski definition) is 10. The number of anilines is 1. The predicted octanol–water partition coefficient (Wildman–Crippen LogP) is 3.87. The van der Waals surface area contributed by atoms with Crippen molar-refractivity contribution in [3.63, 3.8) is 0 Å². The van der Waals surface area contributed by atoms with E-state index in [-0.39, 0.29) is 31.2 Å². The topological polar surface area (TPSA) is 153 Å². The molecular weight excluding hydrogens is 523 g/mol. The Bertz CT molecular complexity index is 1450. The highest BCUT2D eigenvalue weighted by molar-refractivity contribution is 7.52. The molecule has 0 bridgehead atoms. The molecule has 2 aromatic carbocycles. The van der Waals surface area contributed by atoms with E-state index in [2.05, 4.69) is 20.0 Å². The van der Waals surface area contributed by atoms with E-state index in [1.54, 1.807) is 42.1 Å². The van der Waals surface area contributed by atoms with Crippen molar-refractivity contribution in [1.29, 1.82) is 0 Å². The maximum absolute atomic E-state index is 13.8. The smallest absolute Gasteiger partial charge is 0.459 e. The molecule has 2 aromatic heterocycles. The van der Waals surface area contributed by atoms with Crippen molar-refractivity contribution in [3.8, 4) is 5.75 Å². The van der Waals surface area contributed by atoms with Gasteiger partial charge in [0.1, 0.15) is 36.5 Å². The minimum atomic E-state index is -3.99. The number of nitrogens with zero attached hydrogens (tertiary/aromatic N) is 4. The molecule has 0 saturated carbocycles. The lowest BCUT2D eigenvalue weighted by Gasteiger charge is -2.24. The van der Waals surface area contributed by atoms with Crippen LogP contribution in [-0.2, 0) is 30.0 Å². The fourth-order valence-corrected chi connectivity index (χ4v) is 5.68. The zero-order valence-corrected chi connectivity index (χ0v) is 22.1. The molecule has 204 valence electrons. The standard InChI is InChI=1S/C26H29N6O6P/c1-18(26(33)36-13-19-8-4-2-5-9-19)31-39(34,38-21-10-6-3-7-11-21)37-15-20-12-22(35-14-20)32-17-30-23-24(27)28-16-29-25(23)32/h2-11,16-18,20,22H,12-15H2,1H3,(H,31,34)(H2,27,28,29)/t18-,20+,22+,39?/m0/s1. The molecule has 0 aliphatic carbocycles. The van der Waals surface area contributed by atoms with Crippen molar-refractivity contribution in [2.24, 2.45) is 5.92 Å². The number of nitrogens with two attached hydrogens (primary N) is 1. The fourth-order valence-electron chi connectivity index (χ4n) is 4.12. The molecule has 5 rings (SSSR count). The van der Waals surface area contributed by atoms with Crippen LogP contribution in [-0.4, -0.2) is 44.7 Å². The molecule has 1 saturated heterocycles. The van der Waals surface area contributed by atoms with E-state index in [0.717, 1.165) is 5.56 Å². The average molecular weight is 553 g/mol. The molecule has 3 N–H and O–H groups in total. The van der Waals surface area contributed by atoms with Crippen LogP contribution >= 0.6 is 7.75 Å². The summed E-state index contributed by atoms with van der Waals surface area (Å²) in [7, 11) is -3.99. The zero-order valence-electron chi connectivity index (χ0n) is 21.3. The van der Waals surface area contributed by atoms with Crippen LogP contribution < -0.4 is 15.3 Å². The first kappa shape index (κ1) is 26.8. The molecule has 4 aromatic rings. The van der Waals surface area contributed by atoms with E-state index >= 15 is 0 Å². The molecule has 1 unspecified atom stereocenters. The van der Waals surface area contributed by atoms with Gasteiger partial charge in [-0.25, -0.2) is 19.5 Å². The van der Waals surface area contributed by atoms with E-state index in [4.69, 9.17) is 24.3 Å². The molecule has 3 heterocycles. The summed E-state index contributed by atoms with van der Waals surface area (Å²) in [5.74, 6) is -0.0719. The van der Waals surface area contributed by atoms with Crippen LogP contribution in [0.2, 0.25) is 0 Å². The van der Waals surface area contributed by atoms with Gasteiger partial charge in [-0.05, 0) is 31.0 Å². The number of rotatable bonds is 11. The number of nitrogen functional groups attached to an aromatic ring is 1. The number of benzene rings is 2. The Hall–Kier alpha value is -3.83. The number of ether oxygens (including phenoxy) is 2. The first-order chi connectivity index (χ1) is 18.9. The second kappa shape index (κ2) is 11.9. The lowest BCUT2D eigenvalue weighted by atomic mass is 10.1. The van der Waals surface area contributed by atoms with Crippen LogP contribution in [0, 0.1) is 5.92 Å². The predicted molar refractivity (Wildman–Crippen MR) is 142 cm³/mol. The number of imidazole rings is 1. The number of esters is 1. The summed E-state index contributed by atoms with van der Waals surface area (Å²) >= 11 is 0. The molecule has 13 heteroatoms. The van der Waals surface area contributed by atoms with E-state index in [1.165, 1.54) is 6.33 Å². The monoisotopic (exact) mass is 552 g/mol. The molecule has 12 nitrogen and oxygen atoms in total. The summed E-state index contributed by atoms with van der Waals surface area (Å²) in [5, 5.41) is 2.72. The Morgan fingerprint density at radius 1 is 1.15 bits per heavy atom. The van der Waals surface area contributed by atoms with Crippen molar-refractivity contribution < 1.29 is 27.9 Å². The molecule has 0 amide bonds. The van der Waals surface area contributed by atoms with Gasteiger partial charge >= 0.3 is 13.7 Å². The van der Waals surface area contributed by atoms with Gasteiger partial charge in [0.15, 0.2) is 11.5 Å². The van der Waals surface area contributed by atoms with Gasteiger partial charge < -0.3 is 19.7 Å². The Morgan fingerprint density at radius 3 is 2.67 bits per heavy atom. The van der Waals surface area contributed by atoms with Gasteiger partial charge in [-0.1, -0.05) is 48.5 Å². The van der Waals surface area contributed by atoms with Gasteiger partial charge in [-0.2, -0.15) is 5.09 Å². The Morgan fingerprint density at radius 2 is 1.90 bits per heavy atom. The number of nitrogens with one attached hydrogen (secondary N) is 1. The Balaban J connectivity index is 1.22. The van der Waals surface area contributed by atoms with Gasteiger partial charge in [-0.3, -0.25) is 13.9 Å². The molecular formula is C26H29N6O6P. The lowest BCUT2D eigenvalue weighted by molar-refractivity contribution is -0.146. The van der Waals surface area contributed by atoms with Crippen molar-refractivity contribution in [3.05, 3.63) is 78.9 Å². The van der Waals surface area contributed by atoms with Crippen LogP contribution in [0.4, 0.5) is 5.82 Å². The van der Waals surface area contributed by atoms with E-state index in [0.29, 0.717) is 29.9 Å². The molecule has 0 spiro atoms. The molecule has 0 radical (unpaired) electrons. The summed E-state index contributed by atoms with van der Waals surface area (Å²) in [4.78, 5) is 25.2. The fraction of sp³-hybridized carbons (Fsp3) is 0.308. The highest BCUT2D eigenvalue weighted by Crippen LogP contribution is 2.46. The zero-order chi connectivity index (χ0) is 27.2. The maximum atomic E-state index is 13.8. The third-order valence-corrected chi connectivity index (χ3v) is 7.78. The summed E-state index contributed by atoms with van der Waals surface area (Å²) in [6.07, 6.45) is 3.18. The minimum Gasteiger partial charge on any atom is -0.460 e. The molecule has 4 atom stereocenters. The number of carbonyl (C=O) groups is 1. The second-order valence-electron chi connectivity index (χ2n) is 9.11. The lowest BCUT2D eigenvalue weighted by Crippen LogP contribution is -2.35. The van der Waals surface area contributed by atoms with E-state index in [9.17, 15) is 9.36 Å². The highest BCUT2D eigenvalue weighted by atomic mass is 31.2. The highest BCUT2D eigenvalue weighted by Gasteiger charge is 2.35. The van der Waals surface area contributed by atoms with E-state index in [1.807, 2.05) is 36.4 Å². The number of hydrogen-bond donors (Lipinski definition) is 2. The minimum absolute atomic E-state index is 0.0587.